The van der Waals surface area contributed by atoms with Crippen molar-refractivity contribution in [2.45, 2.75) is 38.3 Å². The Bertz CT molecular complexity index is 629. The summed E-state index contributed by atoms with van der Waals surface area (Å²) in [4.78, 5) is 4.48. The maximum atomic E-state index is 13.7. The molecule has 1 saturated carbocycles. The van der Waals surface area contributed by atoms with Gasteiger partial charge in [0, 0.05) is 24.6 Å². The molecule has 2 aromatic rings. The van der Waals surface area contributed by atoms with Gasteiger partial charge >= 0.3 is 0 Å². The first kappa shape index (κ1) is 14.1. The Morgan fingerprint density at radius 2 is 2.00 bits per heavy atom. The van der Waals surface area contributed by atoms with E-state index in [2.05, 4.69) is 15.4 Å². The zero-order valence-electron chi connectivity index (χ0n) is 12.1. The Labute approximate surface area is 122 Å². The minimum absolute atomic E-state index is 0.0575. The average Bonchev–Trinajstić information content (AvgIpc) is 3.21. The van der Waals surface area contributed by atoms with Gasteiger partial charge in [-0.15, -0.1) is 0 Å². The van der Waals surface area contributed by atoms with E-state index in [1.54, 1.807) is 11.6 Å². The molecule has 0 radical (unpaired) electrons. The number of aryl methyl sites for hydroxylation is 1. The molecule has 1 fully saturated rings. The summed E-state index contributed by atoms with van der Waals surface area (Å²) < 4.78 is 29.1. The van der Waals surface area contributed by atoms with E-state index in [9.17, 15) is 8.78 Å². The van der Waals surface area contributed by atoms with E-state index in [1.165, 1.54) is 18.2 Å². The molecule has 1 aromatic heterocycles. The van der Waals surface area contributed by atoms with Gasteiger partial charge in [-0.3, -0.25) is 4.68 Å². The molecule has 0 saturated heterocycles. The van der Waals surface area contributed by atoms with Crippen LogP contribution in [-0.4, -0.2) is 14.8 Å². The lowest BCUT2D eigenvalue weighted by Gasteiger charge is -2.15. The molecular formula is C15H18F2N4. The van der Waals surface area contributed by atoms with Crippen molar-refractivity contribution in [1.29, 1.82) is 0 Å². The number of benzene rings is 1. The summed E-state index contributed by atoms with van der Waals surface area (Å²) in [5.74, 6) is 1.07. The molecule has 112 valence electrons. The second-order valence-electron chi connectivity index (χ2n) is 5.52. The lowest BCUT2D eigenvalue weighted by Crippen LogP contribution is -2.22. The van der Waals surface area contributed by atoms with Crippen molar-refractivity contribution in [2.24, 2.45) is 7.05 Å². The quantitative estimate of drug-likeness (QED) is 0.921. The Kier molecular flexibility index (Phi) is 3.71. The summed E-state index contributed by atoms with van der Waals surface area (Å²) in [6, 6.07) is 3.46. The molecule has 4 nitrogen and oxygen atoms in total. The maximum absolute atomic E-state index is 13.7. The molecule has 0 bridgehead atoms. The number of aromatic nitrogens is 3. The monoisotopic (exact) mass is 292 g/mol. The molecule has 3 rings (SSSR count). The fraction of sp³-hybridized carbons (Fsp3) is 0.467. The third kappa shape index (κ3) is 2.95. The van der Waals surface area contributed by atoms with E-state index < -0.39 is 17.7 Å². The molecule has 1 aliphatic carbocycles. The van der Waals surface area contributed by atoms with Gasteiger partial charge in [0.15, 0.2) is 5.82 Å². The van der Waals surface area contributed by atoms with Crippen molar-refractivity contribution in [3.05, 3.63) is 47.0 Å². The SMILES string of the molecule is C[C@H](NCc1nc(C2CC2)nn1C)c1c(F)cccc1F. The number of hydrogen-bond acceptors (Lipinski definition) is 3. The van der Waals surface area contributed by atoms with Gasteiger partial charge in [0.1, 0.15) is 17.5 Å². The van der Waals surface area contributed by atoms with Crippen LogP contribution in [0.3, 0.4) is 0 Å². The van der Waals surface area contributed by atoms with Gasteiger partial charge in [0.05, 0.1) is 6.54 Å². The summed E-state index contributed by atoms with van der Waals surface area (Å²) in [5, 5.41) is 7.48. The minimum Gasteiger partial charge on any atom is -0.303 e. The Hall–Kier alpha value is -1.82. The van der Waals surface area contributed by atoms with E-state index >= 15 is 0 Å². The second kappa shape index (κ2) is 5.52. The molecule has 21 heavy (non-hydrogen) atoms. The van der Waals surface area contributed by atoms with Crippen molar-refractivity contribution in [2.75, 3.05) is 0 Å². The van der Waals surface area contributed by atoms with Gasteiger partial charge in [0.25, 0.3) is 0 Å². The zero-order chi connectivity index (χ0) is 15.0. The fourth-order valence-electron chi connectivity index (χ4n) is 2.38. The molecule has 0 aliphatic heterocycles. The van der Waals surface area contributed by atoms with Crippen LogP contribution in [0.15, 0.2) is 18.2 Å². The van der Waals surface area contributed by atoms with Crippen LogP contribution in [0.4, 0.5) is 8.78 Å². The smallest absolute Gasteiger partial charge is 0.154 e. The molecule has 6 heteroatoms. The Balaban J connectivity index is 1.69. The third-order valence-electron chi connectivity index (χ3n) is 3.81. The molecular weight excluding hydrogens is 274 g/mol. The van der Waals surface area contributed by atoms with Gasteiger partial charge in [-0.25, -0.2) is 13.8 Å². The van der Waals surface area contributed by atoms with Gasteiger partial charge in [-0.1, -0.05) is 6.07 Å². The van der Waals surface area contributed by atoms with Crippen LogP contribution >= 0.6 is 0 Å². The summed E-state index contributed by atoms with van der Waals surface area (Å²) in [7, 11) is 1.84. The summed E-state index contributed by atoms with van der Waals surface area (Å²) in [6.45, 7) is 2.16. The first-order valence-corrected chi connectivity index (χ1v) is 7.13. The van der Waals surface area contributed by atoms with Crippen LogP contribution in [0.2, 0.25) is 0 Å². The first-order chi connectivity index (χ1) is 10.1. The van der Waals surface area contributed by atoms with Gasteiger partial charge < -0.3 is 5.32 Å². The number of hydrogen-bond donors (Lipinski definition) is 1. The number of nitrogens with one attached hydrogen (secondary N) is 1. The predicted octanol–water partition coefficient (Wildman–Crippen LogP) is 2.82. The summed E-state index contributed by atoms with van der Waals surface area (Å²) in [6.07, 6.45) is 2.29. The summed E-state index contributed by atoms with van der Waals surface area (Å²) in [5.41, 5.74) is 0.0575. The van der Waals surface area contributed by atoms with Crippen LogP contribution < -0.4 is 5.32 Å². The highest BCUT2D eigenvalue weighted by atomic mass is 19.1. The normalized spacial score (nSPS) is 16.2. The van der Waals surface area contributed by atoms with Crippen LogP contribution in [0.1, 0.15) is 48.9 Å². The predicted molar refractivity (Wildman–Crippen MR) is 74.6 cm³/mol. The van der Waals surface area contributed by atoms with Gasteiger partial charge in [-0.2, -0.15) is 5.10 Å². The highest BCUT2D eigenvalue weighted by Gasteiger charge is 2.28. The zero-order valence-corrected chi connectivity index (χ0v) is 12.1. The molecule has 1 N–H and O–H groups in total. The van der Waals surface area contributed by atoms with Crippen LogP contribution in [0.25, 0.3) is 0 Å². The Morgan fingerprint density at radius 3 is 2.62 bits per heavy atom. The van der Waals surface area contributed by atoms with E-state index in [-0.39, 0.29) is 5.56 Å². The standard InChI is InChI=1S/C15H18F2N4/c1-9(14-11(16)4-3-5-12(14)17)18-8-13-19-15(10-6-7-10)20-21(13)2/h3-5,9-10,18H,6-8H2,1-2H3/t9-/m0/s1. The average molecular weight is 292 g/mol. The van der Waals surface area contributed by atoms with Crippen molar-refractivity contribution < 1.29 is 8.78 Å². The summed E-state index contributed by atoms with van der Waals surface area (Å²) >= 11 is 0. The molecule has 1 heterocycles. The molecule has 0 amide bonds. The van der Waals surface area contributed by atoms with Crippen molar-refractivity contribution in [1.82, 2.24) is 20.1 Å². The molecule has 0 spiro atoms. The number of halogens is 2. The molecule has 1 aromatic carbocycles. The lowest BCUT2D eigenvalue weighted by atomic mass is 10.1. The number of rotatable bonds is 5. The lowest BCUT2D eigenvalue weighted by molar-refractivity contribution is 0.477. The fourth-order valence-corrected chi connectivity index (χ4v) is 2.38. The highest BCUT2D eigenvalue weighted by molar-refractivity contribution is 5.22. The van der Waals surface area contributed by atoms with Crippen molar-refractivity contribution >= 4 is 0 Å². The third-order valence-corrected chi connectivity index (χ3v) is 3.81. The van der Waals surface area contributed by atoms with E-state index in [4.69, 9.17) is 0 Å². The molecule has 1 aliphatic rings. The van der Waals surface area contributed by atoms with Gasteiger partial charge in [0.2, 0.25) is 0 Å². The van der Waals surface area contributed by atoms with E-state index in [0.29, 0.717) is 12.5 Å². The molecule has 0 unspecified atom stereocenters. The number of nitrogens with zero attached hydrogens (tertiary/aromatic N) is 3. The Morgan fingerprint density at radius 1 is 1.33 bits per heavy atom. The first-order valence-electron chi connectivity index (χ1n) is 7.13. The van der Waals surface area contributed by atoms with Crippen LogP contribution in [0.5, 0.6) is 0 Å². The van der Waals surface area contributed by atoms with Crippen LogP contribution in [0, 0.1) is 11.6 Å². The topological polar surface area (TPSA) is 42.7 Å². The van der Waals surface area contributed by atoms with Crippen LogP contribution in [-0.2, 0) is 13.6 Å². The van der Waals surface area contributed by atoms with Crippen molar-refractivity contribution in [3.63, 3.8) is 0 Å². The largest absolute Gasteiger partial charge is 0.303 e. The van der Waals surface area contributed by atoms with E-state index in [1.807, 2.05) is 7.05 Å². The maximum Gasteiger partial charge on any atom is 0.154 e. The molecule has 1 atom stereocenters. The van der Waals surface area contributed by atoms with Gasteiger partial charge in [-0.05, 0) is 31.9 Å². The minimum atomic E-state index is -0.536. The highest BCUT2D eigenvalue weighted by Crippen LogP contribution is 2.38. The second-order valence-corrected chi connectivity index (χ2v) is 5.52. The van der Waals surface area contributed by atoms with Crippen molar-refractivity contribution in [3.8, 4) is 0 Å². The van der Waals surface area contributed by atoms with E-state index in [0.717, 1.165) is 24.5 Å².